The lowest BCUT2D eigenvalue weighted by atomic mass is 9.91. The van der Waals surface area contributed by atoms with E-state index >= 15 is 0 Å². The molecule has 0 bridgehead atoms. The van der Waals surface area contributed by atoms with Crippen LogP contribution >= 0.6 is 0 Å². The van der Waals surface area contributed by atoms with E-state index < -0.39 is 5.92 Å². The van der Waals surface area contributed by atoms with E-state index in [9.17, 15) is 4.79 Å². The molecule has 2 rings (SSSR count). The Balaban J connectivity index is 2.45. The Bertz CT molecular complexity index is 631. The van der Waals surface area contributed by atoms with E-state index in [2.05, 4.69) is 6.58 Å². The van der Waals surface area contributed by atoms with Crippen LogP contribution < -0.4 is 9.47 Å². The minimum atomic E-state index is -0.555. The molecule has 0 atom stereocenters. The highest BCUT2D eigenvalue weighted by molar-refractivity contribution is 5.82. The maximum absolute atomic E-state index is 12.6. The summed E-state index contributed by atoms with van der Waals surface area (Å²) >= 11 is 0. The van der Waals surface area contributed by atoms with Crippen molar-refractivity contribution < 1.29 is 19.0 Å². The number of hydrogen-bond donors (Lipinski definition) is 0. The third-order valence-electron chi connectivity index (χ3n) is 3.43. The summed E-state index contributed by atoms with van der Waals surface area (Å²) in [4.78, 5) is 12.6. The van der Waals surface area contributed by atoms with Gasteiger partial charge in [0.15, 0.2) is 0 Å². The summed E-state index contributed by atoms with van der Waals surface area (Å²) in [7, 11) is 3.19. The van der Waals surface area contributed by atoms with Crippen LogP contribution in [-0.4, -0.2) is 26.8 Å². The van der Waals surface area contributed by atoms with Gasteiger partial charge in [0.1, 0.15) is 24.0 Å². The summed E-state index contributed by atoms with van der Waals surface area (Å²) in [6.07, 6.45) is 1.55. The fourth-order valence-corrected chi connectivity index (χ4v) is 2.33. The van der Waals surface area contributed by atoms with E-state index in [-0.39, 0.29) is 12.6 Å². The first-order valence-corrected chi connectivity index (χ1v) is 7.25. The van der Waals surface area contributed by atoms with Crippen LogP contribution in [-0.2, 0) is 9.53 Å². The lowest BCUT2D eigenvalue weighted by Crippen LogP contribution is -2.17. The van der Waals surface area contributed by atoms with Gasteiger partial charge in [-0.2, -0.15) is 0 Å². The molecule has 0 aliphatic carbocycles. The molecule has 0 heterocycles. The van der Waals surface area contributed by atoms with Crippen LogP contribution in [0.1, 0.15) is 17.0 Å². The number of ether oxygens (including phenoxy) is 3. The molecule has 4 nitrogen and oxygen atoms in total. The zero-order chi connectivity index (χ0) is 16.7. The molecule has 0 aliphatic rings. The first-order chi connectivity index (χ1) is 11.2. The van der Waals surface area contributed by atoms with Gasteiger partial charge in [-0.3, -0.25) is 4.79 Å². The quantitative estimate of drug-likeness (QED) is 0.579. The predicted molar refractivity (Wildman–Crippen MR) is 89.0 cm³/mol. The average Bonchev–Trinajstić information content (AvgIpc) is 2.60. The summed E-state index contributed by atoms with van der Waals surface area (Å²) in [6.45, 7) is 3.74. The summed E-state index contributed by atoms with van der Waals surface area (Å²) < 4.78 is 15.8. The molecular weight excluding hydrogens is 292 g/mol. The molecule has 0 saturated carbocycles. The molecule has 0 aromatic heterocycles. The van der Waals surface area contributed by atoms with Crippen molar-refractivity contribution in [1.29, 1.82) is 0 Å². The summed E-state index contributed by atoms with van der Waals surface area (Å²) in [5, 5.41) is 0. The molecule has 120 valence electrons. The first-order valence-electron chi connectivity index (χ1n) is 7.25. The topological polar surface area (TPSA) is 44.8 Å². The van der Waals surface area contributed by atoms with Crippen molar-refractivity contribution in [2.24, 2.45) is 0 Å². The third kappa shape index (κ3) is 4.13. The highest BCUT2D eigenvalue weighted by Gasteiger charge is 2.25. The molecule has 0 aliphatic heterocycles. The van der Waals surface area contributed by atoms with Gasteiger partial charge in [-0.25, -0.2) is 0 Å². The predicted octanol–water partition coefficient (Wildman–Crippen LogP) is 3.56. The fourth-order valence-electron chi connectivity index (χ4n) is 2.33. The Labute approximate surface area is 136 Å². The SMILES string of the molecule is C=CCOC(=O)C(c1cccc(OC)c1)c1cccc(OC)c1. The number of esters is 1. The Morgan fingerprint density at radius 2 is 1.57 bits per heavy atom. The second-order valence-corrected chi connectivity index (χ2v) is 4.90. The number of carbonyl (C=O) groups is 1. The van der Waals surface area contributed by atoms with E-state index in [0.717, 1.165) is 11.1 Å². The third-order valence-corrected chi connectivity index (χ3v) is 3.43. The molecule has 0 N–H and O–H groups in total. The lowest BCUT2D eigenvalue weighted by Gasteiger charge is -2.18. The molecule has 2 aromatic rings. The van der Waals surface area contributed by atoms with Crippen LogP contribution in [0, 0.1) is 0 Å². The van der Waals surface area contributed by atoms with E-state index in [1.165, 1.54) is 0 Å². The van der Waals surface area contributed by atoms with Crippen LogP contribution in [0.4, 0.5) is 0 Å². The minimum Gasteiger partial charge on any atom is -0.497 e. The molecule has 2 aromatic carbocycles. The molecule has 0 amide bonds. The van der Waals surface area contributed by atoms with Gasteiger partial charge in [0.2, 0.25) is 0 Å². The van der Waals surface area contributed by atoms with Gasteiger partial charge in [0.25, 0.3) is 0 Å². The molecule has 0 saturated heterocycles. The zero-order valence-corrected chi connectivity index (χ0v) is 13.3. The van der Waals surface area contributed by atoms with E-state index in [4.69, 9.17) is 14.2 Å². The van der Waals surface area contributed by atoms with Gasteiger partial charge >= 0.3 is 5.97 Å². The van der Waals surface area contributed by atoms with Crippen molar-refractivity contribution >= 4 is 5.97 Å². The number of methoxy groups -OCH3 is 2. The van der Waals surface area contributed by atoms with Gasteiger partial charge in [-0.15, -0.1) is 0 Å². The zero-order valence-electron chi connectivity index (χ0n) is 13.3. The number of carbonyl (C=O) groups excluding carboxylic acids is 1. The van der Waals surface area contributed by atoms with Crippen LogP contribution in [0.5, 0.6) is 11.5 Å². The van der Waals surface area contributed by atoms with E-state index in [0.29, 0.717) is 11.5 Å². The number of benzene rings is 2. The van der Waals surface area contributed by atoms with Crippen molar-refractivity contribution in [2.75, 3.05) is 20.8 Å². The van der Waals surface area contributed by atoms with E-state index in [1.54, 1.807) is 20.3 Å². The summed E-state index contributed by atoms with van der Waals surface area (Å²) in [5.74, 6) is 0.477. The summed E-state index contributed by atoms with van der Waals surface area (Å²) in [6, 6.07) is 14.8. The molecule has 23 heavy (non-hydrogen) atoms. The van der Waals surface area contributed by atoms with Gasteiger partial charge in [0, 0.05) is 0 Å². The fraction of sp³-hybridized carbons (Fsp3) is 0.211. The standard InChI is InChI=1S/C19H20O4/c1-4-11-23-19(20)18(14-7-5-9-16(12-14)21-2)15-8-6-10-17(13-15)22-3/h4-10,12-13,18H,1,11H2,2-3H3. The Morgan fingerprint density at radius 3 is 2.00 bits per heavy atom. The van der Waals surface area contributed by atoms with Crippen LogP contribution in [0.2, 0.25) is 0 Å². The van der Waals surface area contributed by atoms with E-state index in [1.807, 2.05) is 48.5 Å². The molecule has 0 radical (unpaired) electrons. The highest BCUT2D eigenvalue weighted by Crippen LogP contribution is 2.30. The minimum absolute atomic E-state index is 0.170. The van der Waals surface area contributed by atoms with Crippen molar-refractivity contribution in [3.63, 3.8) is 0 Å². The smallest absolute Gasteiger partial charge is 0.318 e. The largest absolute Gasteiger partial charge is 0.497 e. The van der Waals surface area contributed by atoms with Crippen LogP contribution in [0.15, 0.2) is 61.2 Å². The van der Waals surface area contributed by atoms with Crippen molar-refractivity contribution in [3.8, 4) is 11.5 Å². The molecular formula is C19H20O4. The second-order valence-electron chi connectivity index (χ2n) is 4.90. The van der Waals surface area contributed by atoms with Crippen molar-refractivity contribution in [3.05, 3.63) is 72.3 Å². The molecule has 0 fully saturated rings. The maximum Gasteiger partial charge on any atom is 0.318 e. The van der Waals surface area contributed by atoms with Crippen LogP contribution in [0.3, 0.4) is 0 Å². The number of rotatable bonds is 7. The molecule has 0 unspecified atom stereocenters. The van der Waals surface area contributed by atoms with Gasteiger partial charge < -0.3 is 14.2 Å². The second kappa shape index (κ2) is 8.03. The lowest BCUT2D eigenvalue weighted by molar-refractivity contribution is -0.143. The molecule has 4 heteroatoms. The van der Waals surface area contributed by atoms with Gasteiger partial charge in [0.05, 0.1) is 14.2 Å². The Kier molecular flexibility index (Phi) is 5.80. The maximum atomic E-state index is 12.6. The first kappa shape index (κ1) is 16.6. The molecule has 0 spiro atoms. The number of hydrogen-bond acceptors (Lipinski definition) is 4. The van der Waals surface area contributed by atoms with Crippen molar-refractivity contribution in [2.45, 2.75) is 5.92 Å². The summed E-state index contributed by atoms with van der Waals surface area (Å²) in [5.41, 5.74) is 1.60. The van der Waals surface area contributed by atoms with Gasteiger partial charge in [-0.1, -0.05) is 36.9 Å². The van der Waals surface area contributed by atoms with Crippen molar-refractivity contribution in [1.82, 2.24) is 0 Å². The van der Waals surface area contributed by atoms with Gasteiger partial charge in [-0.05, 0) is 35.4 Å². The normalized spacial score (nSPS) is 10.2. The Morgan fingerprint density at radius 1 is 1.04 bits per heavy atom. The van der Waals surface area contributed by atoms with Crippen LogP contribution in [0.25, 0.3) is 0 Å². The monoisotopic (exact) mass is 312 g/mol. The Hall–Kier alpha value is -2.75. The average molecular weight is 312 g/mol. The highest BCUT2D eigenvalue weighted by atomic mass is 16.5.